The maximum absolute atomic E-state index is 2.53. The van der Waals surface area contributed by atoms with E-state index in [1.165, 1.54) is 95.9 Å². The third-order valence-corrected chi connectivity index (χ3v) is 13.3. The Morgan fingerprint density at radius 2 is 0.873 bits per heavy atom. The summed E-state index contributed by atoms with van der Waals surface area (Å²) in [6.07, 6.45) is 0. The molecular weight excluding hydrogens is 703 g/mol. The first-order chi connectivity index (χ1) is 27.3. The normalized spacial score (nSPS) is 11.6. The average molecular weight is 736 g/mol. The first kappa shape index (κ1) is 32.0. The largest absolute Gasteiger partial charge is 0.307 e. The first-order valence-corrected chi connectivity index (χ1v) is 20.3. The zero-order chi connectivity index (χ0) is 36.3. The Morgan fingerprint density at radius 1 is 0.327 bits per heavy atom. The Morgan fingerprint density at radius 3 is 1.60 bits per heavy atom. The van der Waals surface area contributed by atoms with E-state index in [4.69, 9.17) is 0 Å². The lowest BCUT2D eigenvalue weighted by Gasteiger charge is -2.29. The van der Waals surface area contributed by atoms with Crippen LogP contribution in [0.2, 0.25) is 0 Å². The molecule has 0 atom stereocenters. The summed E-state index contributed by atoms with van der Waals surface area (Å²) in [5.41, 5.74) is 10.8. The van der Waals surface area contributed by atoms with E-state index in [1.54, 1.807) is 0 Å². The fraction of sp³-hybridized carbons (Fsp3) is 0. The quantitative estimate of drug-likeness (QED) is 0.164. The van der Waals surface area contributed by atoms with Gasteiger partial charge in [-0.2, -0.15) is 0 Å². The zero-order valence-electron chi connectivity index (χ0n) is 29.8. The number of hydrogen-bond acceptors (Lipinski definition) is 3. The Balaban J connectivity index is 1.10. The van der Waals surface area contributed by atoms with Crippen molar-refractivity contribution < 1.29 is 0 Å². The first-order valence-electron chi connectivity index (χ1n) is 18.7. The van der Waals surface area contributed by atoms with Gasteiger partial charge in [0.25, 0.3) is 0 Å². The lowest BCUT2D eigenvalue weighted by molar-refractivity contribution is 1.32. The number of fused-ring (bicyclic) bond motifs is 7. The second-order valence-corrected chi connectivity index (χ2v) is 16.2. The molecule has 0 spiro atoms. The summed E-state index contributed by atoms with van der Waals surface area (Å²) in [6, 6.07) is 73.4. The standard InChI is InChI=1S/C52H33NS2/c1-2-12-38(13-3-1)42-31-32-46-44-16-7-9-20-49(44)55-52(46)50(42)53(47-18-10-17-45-43-15-6-8-19-48(43)54-51(45)47)41-29-27-36(28-30-41)35-21-23-37(24-22-35)40-26-25-34-11-4-5-14-39(34)33-40/h1-33H. The van der Waals surface area contributed by atoms with Gasteiger partial charge in [-0.05, 0) is 75.0 Å². The fourth-order valence-corrected chi connectivity index (χ4v) is 10.6. The van der Waals surface area contributed by atoms with Crippen LogP contribution in [0.3, 0.4) is 0 Å². The van der Waals surface area contributed by atoms with Crippen LogP contribution >= 0.6 is 22.7 Å². The van der Waals surface area contributed by atoms with Gasteiger partial charge in [0.15, 0.2) is 0 Å². The summed E-state index contributed by atoms with van der Waals surface area (Å²) >= 11 is 3.77. The molecule has 258 valence electrons. The highest BCUT2D eigenvalue weighted by Gasteiger charge is 2.25. The lowest BCUT2D eigenvalue weighted by atomic mass is 9.97. The smallest absolute Gasteiger partial charge is 0.0719 e. The minimum atomic E-state index is 1.13. The van der Waals surface area contributed by atoms with E-state index in [0.29, 0.717) is 0 Å². The molecule has 0 fully saturated rings. The second-order valence-electron chi connectivity index (χ2n) is 14.1. The topological polar surface area (TPSA) is 3.24 Å². The van der Waals surface area contributed by atoms with Crippen LogP contribution in [0.1, 0.15) is 0 Å². The molecule has 2 heterocycles. The van der Waals surface area contributed by atoms with Crippen molar-refractivity contribution in [1.29, 1.82) is 0 Å². The SMILES string of the molecule is c1ccc(-c2ccc3c(sc4ccccc43)c2N(c2ccc(-c3ccc(-c4ccc5ccccc5c4)cc3)cc2)c2cccc3c2sc2ccccc23)cc1. The molecule has 0 radical (unpaired) electrons. The highest BCUT2D eigenvalue weighted by Crippen LogP contribution is 2.52. The Bertz CT molecular complexity index is 3190. The number of hydrogen-bond donors (Lipinski definition) is 0. The summed E-state index contributed by atoms with van der Waals surface area (Å²) in [4.78, 5) is 2.53. The molecule has 0 aliphatic carbocycles. The van der Waals surface area contributed by atoms with Crippen LogP contribution in [-0.4, -0.2) is 0 Å². The van der Waals surface area contributed by atoms with E-state index in [-0.39, 0.29) is 0 Å². The summed E-state index contributed by atoms with van der Waals surface area (Å²) in [6.45, 7) is 0. The fourth-order valence-electron chi connectivity index (χ4n) is 8.17. The van der Waals surface area contributed by atoms with Crippen molar-refractivity contribution in [3.05, 3.63) is 200 Å². The van der Waals surface area contributed by atoms with Gasteiger partial charge in [0.2, 0.25) is 0 Å². The minimum absolute atomic E-state index is 1.13. The van der Waals surface area contributed by atoms with Crippen molar-refractivity contribution in [1.82, 2.24) is 0 Å². The van der Waals surface area contributed by atoms with Crippen LogP contribution in [0.15, 0.2) is 200 Å². The molecular formula is C52H33NS2. The molecule has 1 nitrogen and oxygen atoms in total. The molecule has 0 aliphatic rings. The van der Waals surface area contributed by atoms with Crippen LogP contribution in [0.5, 0.6) is 0 Å². The van der Waals surface area contributed by atoms with Crippen molar-refractivity contribution >= 4 is 90.9 Å². The number of benzene rings is 9. The van der Waals surface area contributed by atoms with E-state index in [0.717, 1.165) is 5.69 Å². The van der Waals surface area contributed by atoms with Gasteiger partial charge < -0.3 is 4.90 Å². The van der Waals surface area contributed by atoms with Crippen LogP contribution in [0, 0.1) is 0 Å². The Labute approximate surface area is 327 Å². The minimum Gasteiger partial charge on any atom is -0.307 e. The van der Waals surface area contributed by atoms with Gasteiger partial charge in [-0.3, -0.25) is 0 Å². The van der Waals surface area contributed by atoms with E-state index in [2.05, 4.69) is 205 Å². The summed E-state index contributed by atoms with van der Waals surface area (Å²) in [5, 5.41) is 7.70. The Kier molecular flexibility index (Phi) is 7.61. The summed E-state index contributed by atoms with van der Waals surface area (Å²) in [5.74, 6) is 0. The third kappa shape index (κ3) is 5.43. The molecule has 0 unspecified atom stereocenters. The van der Waals surface area contributed by atoms with Gasteiger partial charge in [0.1, 0.15) is 0 Å². The van der Waals surface area contributed by atoms with Crippen LogP contribution in [0.4, 0.5) is 17.1 Å². The molecule has 0 N–H and O–H groups in total. The molecule has 11 rings (SSSR count). The zero-order valence-corrected chi connectivity index (χ0v) is 31.4. The maximum atomic E-state index is 2.53. The molecule has 3 heteroatoms. The number of nitrogens with zero attached hydrogens (tertiary/aromatic N) is 1. The molecule has 0 saturated heterocycles. The van der Waals surface area contributed by atoms with Crippen molar-refractivity contribution in [2.45, 2.75) is 0 Å². The molecule has 2 aromatic heterocycles. The molecule has 11 aromatic rings. The van der Waals surface area contributed by atoms with Crippen LogP contribution in [-0.2, 0) is 0 Å². The van der Waals surface area contributed by atoms with Gasteiger partial charge in [-0.25, -0.2) is 0 Å². The number of anilines is 3. The van der Waals surface area contributed by atoms with Gasteiger partial charge in [-0.1, -0.05) is 164 Å². The van der Waals surface area contributed by atoms with Gasteiger partial charge in [-0.15, -0.1) is 22.7 Å². The highest BCUT2D eigenvalue weighted by molar-refractivity contribution is 7.27. The molecule has 0 saturated carbocycles. The van der Waals surface area contributed by atoms with Gasteiger partial charge in [0, 0.05) is 42.2 Å². The molecule has 55 heavy (non-hydrogen) atoms. The van der Waals surface area contributed by atoms with Gasteiger partial charge in [0.05, 0.1) is 20.8 Å². The van der Waals surface area contributed by atoms with Crippen molar-refractivity contribution in [3.8, 4) is 33.4 Å². The average Bonchev–Trinajstić information content (AvgIpc) is 3.84. The van der Waals surface area contributed by atoms with Crippen LogP contribution < -0.4 is 4.90 Å². The molecule has 9 aromatic carbocycles. The van der Waals surface area contributed by atoms with E-state index in [9.17, 15) is 0 Å². The Hall–Kier alpha value is -6.52. The molecule has 0 aliphatic heterocycles. The predicted octanol–water partition coefficient (Wildman–Crippen LogP) is 16.0. The number of rotatable bonds is 6. The van der Waals surface area contributed by atoms with Gasteiger partial charge >= 0.3 is 0 Å². The maximum Gasteiger partial charge on any atom is 0.0719 e. The second kappa shape index (κ2) is 13.1. The lowest BCUT2D eigenvalue weighted by Crippen LogP contribution is -2.11. The highest BCUT2D eigenvalue weighted by atomic mass is 32.1. The van der Waals surface area contributed by atoms with Crippen molar-refractivity contribution in [2.75, 3.05) is 4.90 Å². The van der Waals surface area contributed by atoms with Crippen molar-refractivity contribution in [2.24, 2.45) is 0 Å². The molecule has 0 bridgehead atoms. The predicted molar refractivity (Wildman–Crippen MR) is 241 cm³/mol. The van der Waals surface area contributed by atoms with E-state index >= 15 is 0 Å². The monoisotopic (exact) mass is 735 g/mol. The number of thiophene rings is 2. The van der Waals surface area contributed by atoms with E-state index in [1.807, 2.05) is 22.7 Å². The van der Waals surface area contributed by atoms with E-state index < -0.39 is 0 Å². The van der Waals surface area contributed by atoms with Crippen molar-refractivity contribution in [3.63, 3.8) is 0 Å². The van der Waals surface area contributed by atoms with Crippen LogP contribution in [0.25, 0.3) is 84.5 Å². The third-order valence-electron chi connectivity index (χ3n) is 10.9. The summed E-state index contributed by atoms with van der Waals surface area (Å²) in [7, 11) is 0. The summed E-state index contributed by atoms with van der Waals surface area (Å²) < 4.78 is 5.17. The molecule has 0 amide bonds.